The van der Waals surface area contributed by atoms with E-state index in [0.29, 0.717) is 11.5 Å². The van der Waals surface area contributed by atoms with Gasteiger partial charge >= 0.3 is 5.69 Å². The van der Waals surface area contributed by atoms with Crippen LogP contribution >= 0.6 is 0 Å². The number of carbonyl (C=O) groups is 1. The van der Waals surface area contributed by atoms with Crippen LogP contribution in [0.25, 0.3) is 5.69 Å². The van der Waals surface area contributed by atoms with E-state index in [1.807, 2.05) is 37.3 Å². The summed E-state index contributed by atoms with van der Waals surface area (Å²) in [6.45, 7) is 4.83. The van der Waals surface area contributed by atoms with Crippen LogP contribution in [0.2, 0.25) is 0 Å². The van der Waals surface area contributed by atoms with Crippen LogP contribution in [0.4, 0.5) is 11.5 Å². The van der Waals surface area contributed by atoms with Crippen LogP contribution in [0.5, 0.6) is 0 Å². The monoisotopic (exact) mass is 354 g/mol. The van der Waals surface area contributed by atoms with Gasteiger partial charge in [0.25, 0.3) is 0 Å². The number of nitro groups is 1. The smallest absolute Gasteiger partial charge is 0.309 e. The predicted octanol–water partition coefficient (Wildman–Crippen LogP) is 2.54. The largest absolute Gasteiger partial charge is 0.312 e. The SMILES string of the molecule is Cc1cc(NC(=O)Cn2nc(C)c([N+](=O)[O-])c2C)n(-c2ccccc2)n1. The summed E-state index contributed by atoms with van der Waals surface area (Å²) in [7, 11) is 0. The van der Waals surface area contributed by atoms with E-state index < -0.39 is 4.92 Å². The highest BCUT2D eigenvalue weighted by Crippen LogP contribution is 2.22. The molecule has 3 rings (SSSR count). The molecule has 3 aromatic rings. The Labute approximate surface area is 149 Å². The Morgan fingerprint density at radius 1 is 1.19 bits per heavy atom. The Bertz CT molecular complexity index is 974. The normalized spacial score (nSPS) is 10.7. The van der Waals surface area contributed by atoms with Gasteiger partial charge in [-0.05, 0) is 32.9 Å². The Morgan fingerprint density at radius 3 is 2.50 bits per heavy atom. The van der Waals surface area contributed by atoms with E-state index >= 15 is 0 Å². The number of nitrogens with one attached hydrogen (secondary N) is 1. The zero-order valence-electron chi connectivity index (χ0n) is 14.6. The summed E-state index contributed by atoms with van der Waals surface area (Å²) in [4.78, 5) is 23.0. The van der Waals surface area contributed by atoms with Crippen molar-refractivity contribution in [3.63, 3.8) is 0 Å². The average molecular weight is 354 g/mol. The van der Waals surface area contributed by atoms with Gasteiger partial charge in [-0.2, -0.15) is 10.2 Å². The van der Waals surface area contributed by atoms with Crippen LogP contribution in [0, 0.1) is 30.9 Å². The van der Waals surface area contributed by atoms with Gasteiger partial charge in [0.15, 0.2) is 0 Å². The molecule has 0 saturated heterocycles. The third-order valence-electron chi connectivity index (χ3n) is 3.92. The molecule has 0 fully saturated rings. The van der Waals surface area contributed by atoms with Crippen molar-refractivity contribution in [3.8, 4) is 5.69 Å². The number of aromatic nitrogens is 4. The van der Waals surface area contributed by atoms with Crippen LogP contribution in [-0.2, 0) is 11.3 Å². The lowest BCUT2D eigenvalue weighted by Gasteiger charge is -2.09. The molecule has 0 unspecified atom stereocenters. The topological polar surface area (TPSA) is 108 Å². The molecule has 0 spiro atoms. The third kappa shape index (κ3) is 3.32. The number of hydrogen-bond acceptors (Lipinski definition) is 5. The number of nitrogens with zero attached hydrogens (tertiary/aromatic N) is 5. The lowest BCUT2D eigenvalue weighted by Crippen LogP contribution is -2.22. The highest BCUT2D eigenvalue weighted by Gasteiger charge is 2.23. The second kappa shape index (κ2) is 6.79. The summed E-state index contributed by atoms with van der Waals surface area (Å²) < 4.78 is 2.97. The van der Waals surface area contributed by atoms with E-state index in [1.54, 1.807) is 24.6 Å². The summed E-state index contributed by atoms with van der Waals surface area (Å²) in [5.74, 6) is 0.178. The summed E-state index contributed by atoms with van der Waals surface area (Å²) in [5, 5.41) is 22.4. The van der Waals surface area contributed by atoms with Crippen molar-refractivity contribution in [2.75, 3.05) is 5.32 Å². The van der Waals surface area contributed by atoms with Gasteiger partial charge in [-0.1, -0.05) is 18.2 Å². The zero-order valence-corrected chi connectivity index (χ0v) is 14.6. The molecular formula is C17H18N6O3. The Balaban J connectivity index is 1.82. The Hall–Kier alpha value is -3.49. The van der Waals surface area contributed by atoms with Gasteiger partial charge in [0, 0.05) is 6.07 Å². The van der Waals surface area contributed by atoms with Crippen LogP contribution in [0.3, 0.4) is 0 Å². The second-order valence-corrected chi connectivity index (χ2v) is 5.90. The first-order valence-corrected chi connectivity index (χ1v) is 7.97. The van der Waals surface area contributed by atoms with Crippen molar-refractivity contribution >= 4 is 17.4 Å². The number of carbonyl (C=O) groups excluding carboxylic acids is 1. The van der Waals surface area contributed by atoms with E-state index in [4.69, 9.17) is 0 Å². The molecule has 9 heteroatoms. The van der Waals surface area contributed by atoms with Crippen LogP contribution < -0.4 is 5.32 Å². The first kappa shape index (κ1) is 17.3. The standard InChI is InChI=1S/C17H18N6O3/c1-11-9-15(22(19-11)14-7-5-4-6-8-14)18-16(24)10-21-13(3)17(23(25)26)12(2)20-21/h4-9H,10H2,1-3H3,(H,18,24). The van der Waals surface area contributed by atoms with Crippen molar-refractivity contribution < 1.29 is 9.72 Å². The first-order chi connectivity index (χ1) is 12.4. The Kier molecular flexibility index (Phi) is 4.53. The minimum absolute atomic E-state index is 0.0667. The van der Waals surface area contributed by atoms with E-state index in [1.165, 1.54) is 4.68 Å². The summed E-state index contributed by atoms with van der Waals surface area (Å²) in [5.41, 5.74) is 2.13. The molecule has 134 valence electrons. The molecule has 2 aromatic heterocycles. The van der Waals surface area contributed by atoms with E-state index in [-0.39, 0.29) is 23.8 Å². The molecule has 0 aliphatic rings. The van der Waals surface area contributed by atoms with Gasteiger partial charge in [0.2, 0.25) is 5.91 Å². The van der Waals surface area contributed by atoms with Gasteiger partial charge in [-0.3, -0.25) is 19.6 Å². The van der Waals surface area contributed by atoms with Crippen molar-refractivity contribution in [1.29, 1.82) is 0 Å². The molecule has 26 heavy (non-hydrogen) atoms. The average Bonchev–Trinajstić information content (AvgIpc) is 3.07. The zero-order chi connectivity index (χ0) is 18.8. The van der Waals surface area contributed by atoms with Crippen molar-refractivity contribution in [3.05, 3.63) is 63.6 Å². The second-order valence-electron chi connectivity index (χ2n) is 5.90. The molecular weight excluding hydrogens is 336 g/mol. The molecule has 0 saturated carbocycles. The molecule has 0 aliphatic heterocycles. The van der Waals surface area contributed by atoms with E-state index in [9.17, 15) is 14.9 Å². The molecule has 9 nitrogen and oxygen atoms in total. The minimum Gasteiger partial charge on any atom is -0.309 e. The highest BCUT2D eigenvalue weighted by molar-refractivity contribution is 5.90. The number of hydrogen-bond donors (Lipinski definition) is 1. The number of anilines is 1. The molecule has 0 atom stereocenters. The highest BCUT2D eigenvalue weighted by atomic mass is 16.6. The fourth-order valence-electron chi connectivity index (χ4n) is 2.78. The maximum Gasteiger partial charge on any atom is 0.312 e. The first-order valence-electron chi connectivity index (χ1n) is 7.97. The molecule has 1 amide bonds. The molecule has 0 aliphatic carbocycles. The fraction of sp³-hybridized carbons (Fsp3) is 0.235. The van der Waals surface area contributed by atoms with Gasteiger partial charge in [-0.15, -0.1) is 0 Å². The quantitative estimate of drug-likeness (QED) is 0.559. The number of para-hydroxylation sites is 1. The molecule has 0 radical (unpaired) electrons. The lowest BCUT2D eigenvalue weighted by molar-refractivity contribution is -0.386. The number of rotatable bonds is 5. The van der Waals surface area contributed by atoms with Crippen molar-refractivity contribution in [1.82, 2.24) is 19.6 Å². The summed E-state index contributed by atoms with van der Waals surface area (Å²) >= 11 is 0. The molecule has 2 heterocycles. The maximum atomic E-state index is 12.4. The number of aryl methyl sites for hydroxylation is 2. The van der Waals surface area contributed by atoms with Gasteiger partial charge in [0.05, 0.1) is 16.3 Å². The predicted molar refractivity (Wildman–Crippen MR) is 95.3 cm³/mol. The summed E-state index contributed by atoms with van der Waals surface area (Å²) in [6, 6.07) is 11.2. The summed E-state index contributed by atoms with van der Waals surface area (Å²) in [6.07, 6.45) is 0. The maximum absolute atomic E-state index is 12.4. The van der Waals surface area contributed by atoms with E-state index in [0.717, 1.165) is 11.4 Å². The fourth-order valence-corrected chi connectivity index (χ4v) is 2.78. The van der Waals surface area contributed by atoms with Gasteiger partial charge in [0.1, 0.15) is 23.8 Å². The number of amides is 1. The molecule has 0 bridgehead atoms. The van der Waals surface area contributed by atoms with Gasteiger partial charge < -0.3 is 5.32 Å². The van der Waals surface area contributed by atoms with E-state index in [2.05, 4.69) is 15.5 Å². The van der Waals surface area contributed by atoms with Crippen LogP contribution in [0.15, 0.2) is 36.4 Å². The van der Waals surface area contributed by atoms with Crippen LogP contribution in [-0.4, -0.2) is 30.4 Å². The minimum atomic E-state index is -0.486. The molecule has 1 N–H and O–H groups in total. The lowest BCUT2D eigenvalue weighted by atomic mass is 10.3. The van der Waals surface area contributed by atoms with Crippen LogP contribution in [0.1, 0.15) is 17.1 Å². The Morgan fingerprint density at radius 2 is 1.88 bits per heavy atom. The van der Waals surface area contributed by atoms with Gasteiger partial charge in [-0.25, -0.2) is 4.68 Å². The third-order valence-corrected chi connectivity index (χ3v) is 3.92. The number of benzene rings is 1. The van der Waals surface area contributed by atoms with Crippen molar-refractivity contribution in [2.24, 2.45) is 0 Å². The molecule has 1 aromatic carbocycles. The van der Waals surface area contributed by atoms with Crippen molar-refractivity contribution in [2.45, 2.75) is 27.3 Å².